The highest BCUT2D eigenvalue weighted by Gasteiger charge is 2.34. The van der Waals surface area contributed by atoms with Crippen LogP contribution in [0.1, 0.15) is 38.3 Å². The van der Waals surface area contributed by atoms with Crippen LogP contribution in [0.4, 0.5) is 5.69 Å². The van der Waals surface area contributed by atoms with Gasteiger partial charge in [-0.05, 0) is 36.1 Å². The smallest absolute Gasteiger partial charge is 0.267 e. The molecule has 2 aliphatic rings. The van der Waals surface area contributed by atoms with Gasteiger partial charge in [-0.2, -0.15) is 5.26 Å². The van der Waals surface area contributed by atoms with Gasteiger partial charge >= 0.3 is 0 Å². The third-order valence-electron chi connectivity index (χ3n) is 6.28. The maximum Gasteiger partial charge on any atom is 0.267 e. The van der Waals surface area contributed by atoms with E-state index in [0.717, 1.165) is 22.5 Å². The van der Waals surface area contributed by atoms with Gasteiger partial charge in [0.1, 0.15) is 16.7 Å². The van der Waals surface area contributed by atoms with Crippen molar-refractivity contribution in [2.45, 2.75) is 34.1 Å². The number of hydrogen-bond acceptors (Lipinski definition) is 5. The van der Waals surface area contributed by atoms with Crippen molar-refractivity contribution in [2.24, 2.45) is 5.41 Å². The van der Waals surface area contributed by atoms with Crippen molar-refractivity contribution in [1.82, 2.24) is 9.80 Å². The molecular weight excluding hydrogens is 504 g/mol. The highest BCUT2D eigenvalue weighted by molar-refractivity contribution is 8.06. The van der Waals surface area contributed by atoms with E-state index in [9.17, 15) is 14.9 Å². The second-order valence-electron chi connectivity index (χ2n) is 10.5. The standard InChI is InChI=1S/C29H31ClN4O2S/c1-20-8-10-21(11-9-20)25-19-37-28(34(25)23-7-5-6-22(30)16-23)24(18-31)27(36)33-14-12-32(13-15-33)26(35)17-29(2,3)4/h5-11,16,19H,12-15,17H2,1-4H3/b28-24-. The van der Waals surface area contributed by atoms with E-state index in [0.29, 0.717) is 42.7 Å². The number of piperazine rings is 1. The number of carbonyl (C=O) groups excluding carboxylic acids is 2. The number of carbonyl (C=O) groups is 2. The Balaban J connectivity index is 1.62. The molecule has 2 heterocycles. The summed E-state index contributed by atoms with van der Waals surface area (Å²) in [4.78, 5) is 31.7. The quantitative estimate of drug-likeness (QED) is 0.353. The molecule has 1 fully saturated rings. The molecule has 2 aliphatic heterocycles. The summed E-state index contributed by atoms with van der Waals surface area (Å²) < 4.78 is 0. The number of halogens is 1. The third-order valence-corrected chi connectivity index (χ3v) is 7.47. The van der Waals surface area contributed by atoms with E-state index in [-0.39, 0.29) is 22.8 Å². The average molecular weight is 535 g/mol. The van der Waals surface area contributed by atoms with Crippen LogP contribution in [0.5, 0.6) is 0 Å². The molecule has 37 heavy (non-hydrogen) atoms. The summed E-state index contributed by atoms with van der Waals surface area (Å²) in [5, 5.41) is 13.2. The summed E-state index contributed by atoms with van der Waals surface area (Å²) in [5.74, 6) is -0.220. The number of aryl methyl sites for hydroxylation is 1. The van der Waals surface area contributed by atoms with Crippen LogP contribution in [0.3, 0.4) is 0 Å². The lowest BCUT2D eigenvalue weighted by atomic mass is 9.91. The molecular formula is C29H31ClN4O2S. The predicted octanol–water partition coefficient (Wildman–Crippen LogP) is 6.04. The topological polar surface area (TPSA) is 67.6 Å². The Morgan fingerprint density at radius 2 is 1.68 bits per heavy atom. The molecule has 192 valence electrons. The van der Waals surface area contributed by atoms with Gasteiger partial charge in [0.2, 0.25) is 5.91 Å². The highest BCUT2D eigenvalue weighted by atomic mass is 35.5. The molecule has 2 aromatic rings. The summed E-state index contributed by atoms with van der Waals surface area (Å²) in [5.41, 5.74) is 3.77. The maximum absolute atomic E-state index is 13.6. The summed E-state index contributed by atoms with van der Waals surface area (Å²) in [7, 11) is 0. The lowest BCUT2D eigenvalue weighted by Gasteiger charge is -2.36. The molecule has 0 unspecified atom stereocenters. The van der Waals surface area contributed by atoms with Gasteiger partial charge in [0.05, 0.1) is 5.70 Å². The SMILES string of the molecule is Cc1ccc(C2=CS/C(=C(/C#N)C(=O)N3CCN(C(=O)CC(C)(C)C)CC3)N2c2cccc(Cl)c2)cc1. The zero-order valence-electron chi connectivity index (χ0n) is 21.6. The van der Waals surface area contributed by atoms with E-state index in [2.05, 4.69) is 6.07 Å². The number of anilines is 1. The molecule has 0 N–H and O–H groups in total. The van der Waals surface area contributed by atoms with Crippen LogP contribution in [0, 0.1) is 23.7 Å². The van der Waals surface area contributed by atoms with Gasteiger partial charge < -0.3 is 14.7 Å². The second-order valence-corrected chi connectivity index (χ2v) is 11.8. The largest absolute Gasteiger partial charge is 0.339 e. The first kappa shape index (κ1) is 26.8. The average Bonchev–Trinajstić information content (AvgIpc) is 3.28. The first-order valence-corrected chi connectivity index (χ1v) is 13.5. The van der Waals surface area contributed by atoms with Crippen LogP contribution in [-0.4, -0.2) is 47.8 Å². The summed E-state index contributed by atoms with van der Waals surface area (Å²) in [6.45, 7) is 9.88. The van der Waals surface area contributed by atoms with Crippen molar-refractivity contribution in [2.75, 3.05) is 31.1 Å². The monoisotopic (exact) mass is 534 g/mol. The number of hydrogen-bond donors (Lipinski definition) is 0. The van der Waals surface area contributed by atoms with Gasteiger partial charge in [-0.3, -0.25) is 9.59 Å². The fraction of sp³-hybridized carbons (Fsp3) is 0.345. The van der Waals surface area contributed by atoms with Crippen molar-refractivity contribution in [1.29, 1.82) is 5.26 Å². The van der Waals surface area contributed by atoms with Gasteiger partial charge in [0.15, 0.2) is 0 Å². The molecule has 8 heteroatoms. The molecule has 0 atom stereocenters. The molecule has 0 radical (unpaired) electrons. The summed E-state index contributed by atoms with van der Waals surface area (Å²) in [6, 6.07) is 17.7. The van der Waals surface area contributed by atoms with Crippen LogP contribution in [-0.2, 0) is 9.59 Å². The highest BCUT2D eigenvalue weighted by Crippen LogP contribution is 2.45. The molecule has 1 saturated heterocycles. The summed E-state index contributed by atoms with van der Waals surface area (Å²) >= 11 is 7.68. The molecule has 0 bridgehead atoms. The molecule has 0 spiro atoms. The van der Waals surface area contributed by atoms with Crippen LogP contribution >= 0.6 is 23.4 Å². The Labute approximate surface area is 228 Å². The van der Waals surface area contributed by atoms with E-state index >= 15 is 0 Å². The van der Waals surface area contributed by atoms with Gasteiger partial charge in [-0.25, -0.2) is 0 Å². The fourth-order valence-electron chi connectivity index (χ4n) is 4.36. The normalized spacial score (nSPS) is 17.4. The Hall–Kier alpha value is -3.21. The van der Waals surface area contributed by atoms with Crippen LogP contribution in [0.25, 0.3) is 5.70 Å². The number of nitriles is 1. The molecule has 6 nitrogen and oxygen atoms in total. The third kappa shape index (κ3) is 6.20. The van der Waals surface area contributed by atoms with E-state index in [1.807, 2.05) is 85.4 Å². The minimum atomic E-state index is -0.321. The van der Waals surface area contributed by atoms with Gasteiger partial charge in [-0.1, -0.05) is 80.0 Å². The van der Waals surface area contributed by atoms with Crippen molar-refractivity contribution < 1.29 is 9.59 Å². The maximum atomic E-state index is 13.6. The Morgan fingerprint density at radius 1 is 1.03 bits per heavy atom. The number of nitrogens with zero attached hydrogens (tertiary/aromatic N) is 4. The van der Waals surface area contributed by atoms with Crippen molar-refractivity contribution in [3.05, 3.63) is 80.7 Å². The minimum Gasteiger partial charge on any atom is -0.339 e. The van der Waals surface area contributed by atoms with Crippen molar-refractivity contribution in [3.63, 3.8) is 0 Å². The number of amides is 2. The van der Waals surface area contributed by atoms with Crippen LogP contribution in [0.15, 0.2) is 64.5 Å². The van der Waals surface area contributed by atoms with E-state index < -0.39 is 0 Å². The van der Waals surface area contributed by atoms with Crippen molar-refractivity contribution >= 4 is 46.6 Å². The Morgan fingerprint density at radius 3 is 2.27 bits per heavy atom. The van der Waals surface area contributed by atoms with E-state index in [1.165, 1.54) is 11.8 Å². The van der Waals surface area contributed by atoms with Gasteiger partial charge in [0.25, 0.3) is 5.91 Å². The minimum absolute atomic E-state index is 0.0813. The molecule has 0 aliphatic carbocycles. The Kier molecular flexibility index (Phi) is 8.01. The number of rotatable bonds is 4. The van der Waals surface area contributed by atoms with Gasteiger partial charge in [-0.15, -0.1) is 0 Å². The first-order valence-electron chi connectivity index (χ1n) is 12.3. The molecule has 4 rings (SSSR count). The van der Waals surface area contributed by atoms with Crippen molar-refractivity contribution in [3.8, 4) is 6.07 Å². The number of thioether (sulfide) groups is 1. The van der Waals surface area contributed by atoms with Gasteiger partial charge in [0, 0.05) is 48.7 Å². The zero-order valence-corrected chi connectivity index (χ0v) is 23.2. The second kappa shape index (κ2) is 11.0. The fourth-order valence-corrected chi connectivity index (χ4v) is 5.57. The first-order chi connectivity index (χ1) is 17.6. The van der Waals surface area contributed by atoms with Crippen LogP contribution in [0.2, 0.25) is 5.02 Å². The number of benzene rings is 2. The lowest BCUT2D eigenvalue weighted by Crippen LogP contribution is -2.51. The van der Waals surface area contributed by atoms with Crippen LogP contribution < -0.4 is 4.90 Å². The predicted molar refractivity (Wildman–Crippen MR) is 151 cm³/mol. The van der Waals surface area contributed by atoms with E-state index in [1.54, 1.807) is 11.0 Å². The zero-order chi connectivity index (χ0) is 26.7. The summed E-state index contributed by atoms with van der Waals surface area (Å²) in [6.07, 6.45) is 0.465. The molecule has 0 aromatic heterocycles. The molecule has 2 aromatic carbocycles. The molecule has 2 amide bonds. The molecule has 0 saturated carbocycles. The Bertz CT molecular complexity index is 1300. The van der Waals surface area contributed by atoms with E-state index in [4.69, 9.17) is 11.6 Å². The lowest BCUT2D eigenvalue weighted by molar-refractivity contribution is -0.138.